The van der Waals surface area contributed by atoms with Gasteiger partial charge >= 0.3 is 0 Å². The number of hydrogen-bond acceptors (Lipinski definition) is 4. The molecule has 0 bridgehead atoms. The van der Waals surface area contributed by atoms with E-state index in [1.165, 1.54) is 22.2 Å². The zero-order valence-corrected chi connectivity index (χ0v) is 14.9. The van der Waals surface area contributed by atoms with Crippen molar-refractivity contribution >= 4 is 27.5 Å². The summed E-state index contributed by atoms with van der Waals surface area (Å²) in [5, 5.41) is 0.655. The van der Waals surface area contributed by atoms with E-state index in [1.807, 2.05) is 18.7 Å². The Labute approximate surface area is 139 Å². The van der Waals surface area contributed by atoms with Gasteiger partial charge in [-0.1, -0.05) is 0 Å². The third-order valence-corrected chi connectivity index (χ3v) is 6.06. The van der Waals surface area contributed by atoms with Crippen LogP contribution in [0, 0.1) is 13.8 Å². The molecule has 0 aromatic carbocycles. The molecule has 0 N–H and O–H groups in total. The van der Waals surface area contributed by atoms with E-state index in [0.29, 0.717) is 5.39 Å². The summed E-state index contributed by atoms with van der Waals surface area (Å²) < 4.78 is 1.46. The number of nitrogens with zero attached hydrogens (tertiary/aromatic N) is 3. The molecule has 5 nitrogen and oxygen atoms in total. The number of carbonyl (C=O) groups excluding carboxylic acids is 1. The Kier molecular flexibility index (Phi) is 4.27. The molecule has 1 amide bonds. The van der Waals surface area contributed by atoms with Gasteiger partial charge in [-0.05, 0) is 52.5 Å². The molecule has 1 fully saturated rings. The number of amides is 1. The lowest BCUT2D eigenvalue weighted by Crippen LogP contribution is -2.49. The first-order chi connectivity index (χ1) is 10.9. The third-order valence-electron chi connectivity index (χ3n) is 4.94. The van der Waals surface area contributed by atoms with Crippen LogP contribution in [-0.2, 0) is 11.3 Å². The molecule has 1 saturated heterocycles. The predicted molar refractivity (Wildman–Crippen MR) is 93.0 cm³/mol. The van der Waals surface area contributed by atoms with E-state index >= 15 is 0 Å². The van der Waals surface area contributed by atoms with Gasteiger partial charge < -0.3 is 4.90 Å². The molecular weight excluding hydrogens is 310 g/mol. The summed E-state index contributed by atoms with van der Waals surface area (Å²) in [6.45, 7) is 8.19. The van der Waals surface area contributed by atoms with Crippen molar-refractivity contribution < 1.29 is 4.79 Å². The number of aryl methyl sites for hydroxylation is 2. The SMILES string of the molecule is Cc1sc2ncn(CC(=O)N3[C@H](C)CCC[C@@H]3C)c(=O)c2c1C. The molecular formula is C17H23N3O2S. The molecule has 0 radical (unpaired) electrons. The molecule has 124 valence electrons. The second kappa shape index (κ2) is 6.07. The zero-order valence-electron chi connectivity index (χ0n) is 14.1. The molecule has 1 aliphatic heterocycles. The fraction of sp³-hybridized carbons (Fsp3) is 0.588. The Morgan fingerprint density at radius 2 is 1.96 bits per heavy atom. The van der Waals surface area contributed by atoms with Crippen molar-refractivity contribution in [2.75, 3.05) is 0 Å². The summed E-state index contributed by atoms with van der Waals surface area (Å²) >= 11 is 1.53. The molecule has 2 atom stereocenters. The molecule has 0 unspecified atom stereocenters. The van der Waals surface area contributed by atoms with Crippen LogP contribution in [0.15, 0.2) is 11.1 Å². The van der Waals surface area contributed by atoms with Crippen LogP contribution in [0.4, 0.5) is 0 Å². The molecule has 0 saturated carbocycles. The van der Waals surface area contributed by atoms with E-state index in [0.717, 1.165) is 34.5 Å². The third kappa shape index (κ3) is 2.80. The number of fused-ring (bicyclic) bond motifs is 1. The molecule has 0 spiro atoms. The Balaban J connectivity index is 1.92. The van der Waals surface area contributed by atoms with Crippen LogP contribution in [0.3, 0.4) is 0 Å². The highest BCUT2D eigenvalue weighted by molar-refractivity contribution is 7.18. The lowest BCUT2D eigenvalue weighted by atomic mass is 9.97. The maximum atomic E-state index is 12.7. The summed E-state index contributed by atoms with van der Waals surface area (Å²) in [6, 6.07) is 0.479. The molecule has 0 aliphatic carbocycles. The van der Waals surface area contributed by atoms with Crippen LogP contribution in [0.5, 0.6) is 0 Å². The summed E-state index contributed by atoms with van der Waals surface area (Å²) in [5.41, 5.74) is 0.867. The van der Waals surface area contributed by atoms with Crippen molar-refractivity contribution in [3.63, 3.8) is 0 Å². The van der Waals surface area contributed by atoms with E-state index < -0.39 is 0 Å². The van der Waals surface area contributed by atoms with Gasteiger partial charge in [-0.3, -0.25) is 14.2 Å². The molecule has 6 heteroatoms. The normalized spacial score (nSPS) is 21.8. The smallest absolute Gasteiger partial charge is 0.262 e. The van der Waals surface area contributed by atoms with Gasteiger partial charge in [-0.25, -0.2) is 4.98 Å². The highest BCUT2D eigenvalue weighted by Crippen LogP contribution is 2.26. The van der Waals surface area contributed by atoms with Gasteiger partial charge in [0.2, 0.25) is 5.91 Å². The highest BCUT2D eigenvalue weighted by atomic mass is 32.1. The molecule has 2 aromatic rings. The van der Waals surface area contributed by atoms with Crippen molar-refractivity contribution in [3.05, 3.63) is 27.1 Å². The lowest BCUT2D eigenvalue weighted by Gasteiger charge is -2.39. The van der Waals surface area contributed by atoms with E-state index in [-0.39, 0.29) is 30.1 Å². The van der Waals surface area contributed by atoms with Gasteiger partial charge in [-0.2, -0.15) is 0 Å². The summed E-state index contributed by atoms with van der Waals surface area (Å²) in [5.74, 6) is 0.0116. The fourth-order valence-corrected chi connectivity index (χ4v) is 4.51. The Bertz CT molecular complexity index is 798. The van der Waals surface area contributed by atoms with Crippen LogP contribution in [-0.4, -0.2) is 32.4 Å². The molecule has 1 aliphatic rings. The number of rotatable bonds is 2. The number of hydrogen-bond donors (Lipinski definition) is 0. The minimum atomic E-state index is -0.109. The van der Waals surface area contributed by atoms with Crippen LogP contribution in [0.1, 0.15) is 43.6 Å². The van der Waals surface area contributed by atoms with E-state index in [2.05, 4.69) is 18.8 Å². The van der Waals surface area contributed by atoms with Crippen molar-refractivity contribution in [2.45, 2.75) is 65.6 Å². The fourth-order valence-electron chi connectivity index (χ4n) is 3.52. The first-order valence-electron chi connectivity index (χ1n) is 8.16. The van der Waals surface area contributed by atoms with Crippen molar-refractivity contribution in [3.8, 4) is 0 Å². The van der Waals surface area contributed by atoms with Crippen LogP contribution in [0.2, 0.25) is 0 Å². The van der Waals surface area contributed by atoms with Crippen molar-refractivity contribution in [2.24, 2.45) is 0 Å². The monoisotopic (exact) mass is 333 g/mol. The Hall–Kier alpha value is -1.69. The van der Waals surface area contributed by atoms with Gasteiger partial charge in [0.1, 0.15) is 11.4 Å². The standard InChI is InChI=1S/C17H23N3O2S/c1-10-6-5-7-11(2)20(10)14(21)8-19-9-18-16-15(17(19)22)12(3)13(4)23-16/h9-11H,5-8H2,1-4H3/t10-,11+. The number of thiophene rings is 1. The highest BCUT2D eigenvalue weighted by Gasteiger charge is 2.29. The van der Waals surface area contributed by atoms with Crippen LogP contribution in [0.25, 0.3) is 10.2 Å². The van der Waals surface area contributed by atoms with Gasteiger partial charge in [-0.15, -0.1) is 11.3 Å². The van der Waals surface area contributed by atoms with Gasteiger partial charge in [0.15, 0.2) is 0 Å². The van der Waals surface area contributed by atoms with Crippen LogP contribution >= 0.6 is 11.3 Å². The number of aromatic nitrogens is 2. The minimum absolute atomic E-state index is 0.0116. The van der Waals surface area contributed by atoms with Gasteiger partial charge in [0.25, 0.3) is 5.56 Å². The second-order valence-electron chi connectivity index (χ2n) is 6.57. The first-order valence-corrected chi connectivity index (χ1v) is 8.98. The number of piperidine rings is 1. The lowest BCUT2D eigenvalue weighted by molar-refractivity contribution is -0.138. The van der Waals surface area contributed by atoms with Crippen molar-refractivity contribution in [1.29, 1.82) is 0 Å². The number of carbonyl (C=O) groups is 1. The number of likely N-dealkylation sites (tertiary alicyclic amines) is 1. The van der Waals surface area contributed by atoms with E-state index in [1.54, 1.807) is 0 Å². The molecule has 23 heavy (non-hydrogen) atoms. The topological polar surface area (TPSA) is 55.2 Å². The van der Waals surface area contributed by atoms with Crippen molar-refractivity contribution in [1.82, 2.24) is 14.5 Å². The summed E-state index contributed by atoms with van der Waals surface area (Å²) in [4.78, 5) is 33.6. The van der Waals surface area contributed by atoms with Gasteiger partial charge in [0, 0.05) is 17.0 Å². The molecule has 3 heterocycles. The Morgan fingerprint density at radius 3 is 2.61 bits per heavy atom. The summed E-state index contributed by atoms with van der Waals surface area (Å²) in [6.07, 6.45) is 4.74. The predicted octanol–water partition coefficient (Wildman–Crippen LogP) is 2.86. The minimum Gasteiger partial charge on any atom is -0.336 e. The van der Waals surface area contributed by atoms with E-state index in [9.17, 15) is 9.59 Å². The van der Waals surface area contributed by atoms with E-state index in [4.69, 9.17) is 0 Å². The maximum absolute atomic E-state index is 12.7. The molecule has 2 aromatic heterocycles. The second-order valence-corrected chi connectivity index (χ2v) is 7.77. The average Bonchev–Trinajstić information content (AvgIpc) is 2.78. The Morgan fingerprint density at radius 1 is 1.30 bits per heavy atom. The first kappa shape index (κ1) is 16.2. The maximum Gasteiger partial charge on any atom is 0.262 e. The average molecular weight is 333 g/mol. The molecule has 3 rings (SSSR count). The van der Waals surface area contributed by atoms with Gasteiger partial charge in [0.05, 0.1) is 11.7 Å². The largest absolute Gasteiger partial charge is 0.336 e. The van der Waals surface area contributed by atoms with Crippen LogP contribution < -0.4 is 5.56 Å². The quantitative estimate of drug-likeness (QED) is 0.849. The zero-order chi connectivity index (χ0) is 16.7. The summed E-state index contributed by atoms with van der Waals surface area (Å²) in [7, 11) is 0.